The summed E-state index contributed by atoms with van der Waals surface area (Å²) in [4.78, 5) is 19.3. The molecule has 0 spiro atoms. The number of allylic oxidation sites excluding steroid dienone is 2. The molecule has 0 aliphatic heterocycles. The summed E-state index contributed by atoms with van der Waals surface area (Å²) < 4.78 is 55.3. The predicted octanol–water partition coefficient (Wildman–Crippen LogP) is 6.57. The molecule has 0 saturated carbocycles. The molecule has 1 aromatic heterocycles. The Morgan fingerprint density at radius 3 is 2.38 bits per heavy atom. The molecule has 1 unspecified atom stereocenters. The fraction of sp³-hybridized carbons (Fsp3) is 0.387. The molecule has 8 nitrogen and oxygen atoms in total. The van der Waals surface area contributed by atoms with Crippen LogP contribution in [0.5, 0.6) is 11.6 Å². The van der Waals surface area contributed by atoms with E-state index < -0.39 is 29.9 Å². The summed E-state index contributed by atoms with van der Waals surface area (Å²) in [6.45, 7) is 5.26. The summed E-state index contributed by atoms with van der Waals surface area (Å²) in [7, 11) is 0. The summed E-state index contributed by atoms with van der Waals surface area (Å²) in [6.07, 6.45) is -3.27. The van der Waals surface area contributed by atoms with E-state index in [1.807, 2.05) is 36.4 Å². The molecule has 1 aliphatic carbocycles. The number of hydrogen-bond acceptors (Lipinski definition) is 7. The molecule has 3 aromatic rings. The van der Waals surface area contributed by atoms with Crippen LogP contribution in [0.25, 0.3) is 16.7 Å². The molecule has 224 valence electrons. The maximum atomic E-state index is 14.6. The Bertz CT molecular complexity index is 1440. The number of rotatable bonds is 9. The number of nitrogens with zero attached hydrogens (tertiary/aromatic N) is 2. The van der Waals surface area contributed by atoms with Gasteiger partial charge in [-0.3, -0.25) is 4.79 Å². The molecule has 3 atom stereocenters. The molecule has 0 radical (unpaired) electrons. The lowest BCUT2D eigenvalue weighted by atomic mass is 9.84. The first kappa shape index (κ1) is 30.8. The van der Waals surface area contributed by atoms with E-state index in [1.54, 1.807) is 32.9 Å². The molecule has 0 bridgehead atoms. The zero-order chi connectivity index (χ0) is 30.7. The van der Waals surface area contributed by atoms with Gasteiger partial charge in [-0.05, 0) is 75.1 Å². The summed E-state index contributed by atoms with van der Waals surface area (Å²) in [5.41, 5.74) is 13.2. The van der Waals surface area contributed by atoms with Gasteiger partial charge in [-0.1, -0.05) is 48.5 Å². The van der Waals surface area contributed by atoms with Gasteiger partial charge in [-0.25, -0.2) is 4.98 Å². The lowest BCUT2D eigenvalue weighted by Crippen LogP contribution is -2.32. The van der Waals surface area contributed by atoms with Gasteiger partial charge in [0.2, 0.25) is 17.9 Å². The van der Waals surface area contributed by atoms with Crippen LogP contribution in [-0.2, 0) is 4.79 Å². The first-order chi connectivity index (χ1) is 19.7. The van der Waals surface area contributed by atoms with Gasteiger partial charge in [0.05, 0.1) is 5.69 Å². The van der Waals surface area contributed by atoms with E-state index in [2.05, 4.69) is 9.97 Å². The second-order valence-corrected chi connectivity index (χ2v) is 11.4. The van der Waals surface area contributed by atoms with Gasteiger partial charge in [0.1, 0.15) is 17.4 Å². The zero-order valence-electron chi connectivity index (χ0n) is 23.7. The number of ether oxygens (including phenoxy) is 2. The van der Waals surface area contributed by atoms with E-state index in [4.69, 9.17) is 26.0 Å². The lowest BCUT2D eigenvalue weighted by molar-refractivity contribution is -0.199. The Morgan fingerprint density at radius 2 is 1.79 bits per heavy atom. The van der Waals surface area contributed by atoms with Crippen molar-refractivity contribution in [2.24, 2.45) is 11.7 Å². The summed E-state index contributed by atoms with van der Waals surface area (Å²) in [6, 6.07) is 14.2. The van der Waals surface area contributed by atoms with Crippen LogP contribution in [0.4, 0.5) is 19.1 Å². The second-order valence-electron chi connectivity index (χ2n) is 11.4. The van der Waals surface area contributed by atoms with E-state index in [-0.39, 0.29) is 29.1 Å². The fourth-order valence-corrected chi connectivity index (χ4v) is 4.87. The molecule has 0 fully saturated rings. The van der Waals surface area contributed by atoms with Gasteiger partial charge in [-0.15, -0.1) is 0 Å². The number of nitrogens with two attached hydrogens (primary N) is 2. The maximum absolute atomic E-state index is 14.6. The number of benzene rings is 2. The normalized spacial score (nSPS) is 17.2. The van der Waals surface area contributed by atoms with E-state index in [9.17, 15) is 18.0 Å². The molecule has 0 amide bonds. The molecule has 42 heavy (non-hydrogen) atoms. The quantitative estimate of drug-likeness (QED) is 0.257. The van der Waals surface area contributed by atoms with Crippen molar-refractivity contribution in [2.45, 2.75) is 70.4 Å². The number of aliphatic carboxylic acids is 1. The largest absolute Gasteiger partial charge is 0.488 e. The molecular formula is C31H35F3N4O4. The third-order valence-electron chi connectivity index (χ3n) is 6.83. The number of aromatic nitrogens is 2. The Labute approximate surface area is 242 Å². The van der Waals surface area contributed by atoms with Crippen LogP contribution in [0.1, 0.15) is 63.8 Å². The third kappa shape index (κ3) is 8.00. The number of alkyl halides is 3. The first-order valence-electron chi connectivity index (χ1n) is 13.6. The number of carbonyl (C=O) groups is 1. The minimum atomic E-state index is -4.82. The van der Waals surface area contributed by atoms with Crippen LogP contribution in [0.3, 0.4) is 0 Å². The Hall–Kier alpha value is -4.12. The lowest BCUT2D eigenvalue weighted by Gasteiger charge is -2.28. The number of carboxylic acid groups (broad SMARTS) is 1. The van der Waals surface area contributed by atoms with Crippen LogP contribution in [0.15, 0.2) is 60.7 Å². The van der Waals surface area contributed by atoms with Gasteiger partial charge >= 0.3 is 12.1 Å². The van der Waals surface area contributed by atoms with Gasteiger partial charge in [0.25, 0.3) is 0 Å². The molecule has 1 aliphatic rings. The molecule has 4 rings (SSSR count). The summed E-state index contributed by atoms with van der Waals surface area (Å²) in [5.74, 6) is -1.51. The third-order valence-corrected chi connectivity index (χ3v) is 6.83. The van der Waals surface area contributed by atoms with E-state index in [0.717, 1.165) is 11.1 Å². The first-order valence-corrected chi connectivity index (χ1v) is 13.6. The highest BCUT2D eigenvalue weighted by molar-refractivity contribution is 5.73. The fourth-order valence-electron chi connectivity index (χ4n) is 4.87. The molecule has 11 heteroatoms. The summed E-state index contributed by atoms with van der Waals surface area (Å²) in [5, 5.41) is 9.08. The van der Waals surface area contributed by atoms with Crippen LogP contribution >= 0.6 is 0 Å². The number of hydrogen-bond donors (Lipinski definition) is 3. The van der Waals surface area contributed by atoms with Crippen LogP contribution in [-0.4, -0.2) is 38.9 Å². The molecular weight excluding hydrogens is 549 g/mol. The minimum Gasteiger partial charge on any atom is -0.488 e. The smallest absolute Gasteiger partial charge is 0.429 e. The van der Waals surface area contributed by atoms with Crippen molar-refractivity contribution in [3.63, 3.8) is 0 Å². The second kappa shape index (κ2) is 12.4. The average Bonchev–Trinajstić information content (AvgIpc) is 2.91. The SMILES string of the molecule is CC(C)(C)Oc1cc(-c2ccccc2)ccc1[C@@H](Oc1cc(C2=CCC(C[C@H](N)C(=O)O)CC2)nc(N)n1)C(F)(F)F. The van der Waals surface area contributed by atoms with E-state index in [0.29, 0.717) is 36.9 Å². The van der Waals surface area contributed by atoms with Gasteiger partial charge in [-0.2, -0.15) is 18.2 Å². The highest BCUT2D eigenvalue weighted by Gasteiger charge is 2.45. The maximum Gasteiger partial charge on any atom is 0.429 e. The van der Waals surface area contributed by atoms with E-state index >= 15 is 0 Å². The molecule has 5 N–H and O–H groups in total. The monoisotopic (exact) mass is 584 g/mol. The highest BCUT2D eigenvalue weighted by atomic mass is 19.4. The average molecular weight is 585 g/mol. The molecule has 2 aromatic carbocycles. The number of nitrogen functional groups attached to an aromatic ring is 1. The van der Waals surface area contributed by atoms with Crippen molar-refractivity contribution in [1.82, 2.24) is 9.97 Å². The molecule has 0 saturated heterocycles. The van der Waals surface area contributed by atoms with Crippen LogP contribution in [0.2, 0.25) is 0 Å². The van der Waals surface area contributed by atoms with E-state index in [1.165, 1.54) is 12.1 Å². The van der Waals surface area contributed by atoms with Gasteiger partial charge < -0.3 is 26.0 Å². The number of carboxylic acids is 1. The molecule has 1 heterocycles. The minimum absolute atomic E-state index is 0.0361. The Balaban J connectivity index is 1.66. The Kier molecular flexibility index (Phi) is 9.10. The Morgan fingerprint density at radius 1 is 1.07 bits per heavy atom. The van der Waals surface area contributed by atoms with Crippen molar-refractivity contribution in [2.75, 3.05) is 5.73 Å². The highest BCUT2D eigenvalue weighted by Crippen LogP contribution is 2.43. The van der Waals surface area contributed by atoms with Crippen molar-refractivity contribution in [1.29, 1.82) is 0 Å². The van der Waals surface area contributed by atoms with Crippen LogP contribution in [0, 0.1) is 5.92 Å². The van der Waals surface area contributed by atoms with Crippen molar-refractivity contribution >= 4 is 17.5 Å². The standard InChI is InChI=1S/C31H35F3N4O4/c1-30(2,3)42-25-16-21(19-7-5-4-6-8-19)13-14-22(25)27(31(32,33)34)41-26-17-24(37-29(36)38-26)20-11-9-18(10-12-20)15-23(35)28(39)40/h4-8,11,13-14,16-18,23,27H,9-10,12,15,35H2,1-3H3,(H,39,40)(H2,36,37,38)/t18?,23-,27+/m0/s1. The zero-order valence-corrected chi connectivity index (χ0v) is 23.7. The number of anilines is 1. The summed E-state index contributed by atoms with van der Waals surface area (Å²) >= 11 is 0. The van der Waals surface area contributed by atoms with Gasteiger partial charge in [0, 0.05) is 11.6 Å². The topological polar surface area (TPSA) is 134 Å². The van der Waals surface area contributed by atoms with Gasteiger partial charge in [0.15, 0.2) is 0 Å². The van der Waals surface area contributed by atoms with Crippen molar-refractivity contribution < 1.29 is 32.5 Å². The number of halogens is 3. The van der Waals surface area contributed by atoms with Crippen molar-refractivity contribution in [3.8, 4) is 22.8 Å². The van der Waals surface area contributed by atoms with Crippen molar-refractivity contribution in [3.05, 3.63) is 71.9 Å². The van der Waals surface area contributed by atoms with Crippen LogP contribution < -0.4 is 20.9 Å². The predicted molar refractivity (Wildman–Crippen MR) is 154 cm³/mol.